The van der Waals surface area contributed by atoms with Gasteiger partial charge in [0, 0.05) is 30.0 Å². The van der Waals surface area contributed by atoms with Gasteiger partial charge in [-0.3, -0.25) is 9.20 Å². The average Bonchev–Trinajstić information content (AvgIpc) is 3.55. The number of fused-ring (bicyclic) bond motifs is 2. The smallest absolute Gasteiger partial charge is 0.224 e. The Bertz CT molecular complexity index is 1690. The van der Waals surface area contributed by atoms with Gasteiger partial charge in [-0.2, -0.15) is 0 Å². The number of nitrogens with one attached hydrogen (secondary N) is 1. The van der Waals surface area contributed by atoms with E-state index in [1.807, 2.05) is 43.3 Å². The summed E-state index contributed by atoms with van der Waals surface area (Å²) in [6.07, 6.45) is 4.80. The van der Waals surface area contributed by atoms with Crippen LogP contribution in [0.15, 0.2) is 66.6 Å². The fourth-order valence-electron chi connectivity index (χ4n) is 4.01. The minimum Gasteiger partial charge on any atom is -0.439 e. The van der Waals surface area contributed by atoms with Crippen LogP contribution < -0.4 is 10.1 Å². The molecular formula is C25H19BrN8O3. The number of halogens is 1. The lowest BCUT2D eigenvalue weighted by Crippen LogP contribution is -2.22. The fraction of sp³-hybridized carbons (Fsp3) is 0.160. The summed E-state index contributed by atoms with van der Waals surface area (Å²) < 4.78 is 8.31. The molecule has 0 fully saturated rings. The van der Waals surface area contributed by atoms with E-state index in [1.165, 1.54) is 6.33 Å². The Morgan fingerprint density at radius 1 is 1.16 bits per heavy atom. The van der Waals surface area contributed by atoms with Crippen LogP contribution in [0.1, 0.15) is 17.5 Å². The standard InChI is InChI=1S/C25H19BrN8O3/c1-14-6-16(3-5-20(14)36-24-10-23-32-30-13-34(23)12-29-24)31-25-17-7-15(2-4-18(17)27-11-28-25)8-19(35)21-9-22(26)33-37-21/h2-7,10-13,21H,8-9H2,1H3,(H,27,28,31). The molecule has 0 spiro atoms. The van der Waals surface area contributed by atoms with Crippen molar-refractivity contribution in [2.45, 2.75) is 25.9 Å². The van der Waals surface area contributed by atoms with Crippen molar-refractivity contribution in [3.63, 3.8) is 0 Å². The van der Waals surface area contributed by atoms with Crippen molar-refractivity contribution in [1.82, 2.24) is 29.5 Å². The molecule has 1 aliphatic heterocycles. The maximum atomic E-state index is 12.6. The number of aryl methyl sites for hydroxylation is 1. The Kier molecular flexibility index (Phi) is 5.93. The average molecular weight is 559 g/mol. The SMILES string of the molecule is Cc1cc(Nc2ncnc3ccc(CC(=O)C4CC(Br)=NO4)cc23)ccc1Oc1cc2nncn2cn1. The second-order valence-corrected chi connectivity index (χ2v) is 9.43. The number of carbonyl (C=O) groups excluding carboxylic acids is 1. The number of benzene rings is 2. The Morgan fingerprint density at radius 2 is 2.08 bits per heavy atom. The summed E-state index contributed by atoms with van der Waals surface area (Å²) >= 11 is 3.27. The number of carbonyl (C=O) groups is 1. The lowest BCUT2D eigenvalue weighted by Gasteiger charge is -2.13. The molecule has 2 aromatic carbocycles. The molecule has 1 unspecified atom stereocenters. The number of ketones is 1. The first-order valence-electron chi connectivity index (χ1n) is 11.4. The van der Waals surface area contributed by atoms with Crippen molar-refractivity contribution in [2.24, 2.45) is 5.16 Å². The summed E-state index contributed by atoms with van der Waals surface area (Å²) in [6.45, 7) is 1.95. The van der Waals surface area contributed by atoms with Gasteiger partial charge in [0.2, 0.25) is 5.88 Å². The number of hydrogen-bond donors (Lipinski definition) is 1. The molecule has 11 nitrogen and oxygen atoms in total. The zero-order valence-corrected chi connectivity index (χ0v) is 21.1. The first-order valence-corrected chi connectivity index (χ1v) is 12.2. The van der Waals surface area contributed by atoms with Crippen LogP contribution in [0.4, 0.5) is 11.5 Å². The number of rotatable bonds is 7. The van der Waals surface area contributed by atoms with E-state index in [4.69, 9.17) is 9.57 Å². The third-order valence-corrected chi connectivity index (χ3v) is 6.35. The van der Waals surface area contributed by atoms with Crippen molar-refractivity contribution in [1.29, 1.82) is 0 Å². The Morgan fingerprint density at radius 3 is 2.92 bits per heavy atom. The Balaban J connectivity index is 1.21. The largest absolute Gasteiger partial charge is 0.439 e. The molecule has 1 N–H and O–H groups in total. The first kappa shape index (κ1) is 23.0. The predicted molar refractivity (Wildman–Crippen MR) is 139 cm³/mol. The number of oxime groups is 1. The monoisotopic (exact) mass is 558 g/mol. The van der Waals surface area contributed by atoms with E-state index in [-0.39, 0.29) is 12.2 Å². The van der Waals surface area contributed by atoms with Crippen LogP contribution in [-0.2, 0) is 16.1 Å². The van der Waals surface area contributed by atoms with Crippen molar-refractivity contribution in [3.8, 4) is 11.6 Å². The molecule has 0 saturated heterocycles. The zero-order chi connectivity index (χ0) is 25.4. The van der Waals surface area contributed by atoms with Crippen LogP contribution in [0, 0.1) is 6.92 Å². The minimum atomic E-state index is -0.563. The minimum absolute atomic E-state index is 0.0345. The van der Waals surface area contributed by atoms with Crippen LogP contribution in [0.5, 0.6) is 11.6 Å². The van der Waals surface area contributed by atoms with E-state index in [9.17, 15) is 4.79 Å². The lowest BCUT2D eigenvalue weighted by molar-refractivity contribution is -0.128. The van der Waals surface area contributed by atoms with Crippen molar-refractivity contribution < 1.29 is 14.4 Å². The highest BCUT2D eigenvalue weighted by Crippen LogP contribution is 2.30. The van der Waals surface area contributed by atoms with Gasteiger partial charge in [-0.1, -0.05) is 11.2 Å². The molecule has 3 aromatic heterocycles. The summed E-state index contributed by atoms with van der Waals surface area (Å²) in [5, 5.41) is 15.8. The van der Waals surface area contributed by atoms with Crippen LogP contribution in [0.25, 0.3) is 16.6 Å². The molecule has 0 saturated carbocycles. The summed E-state index contributed by atoms with van der Waals surface area (Å²) in [6, 6.07) is 13.1. The highest BCUT2D eigenvalue weighted by Gasteiger charge is 2.26. The van der Waals surface area contributed by atoms with E-state index in [1.54, 1.807) is 23.1 Å². The maximum Gasteiger partial charge on any atom is 0.224 e. The topological polar surface area (TPSA) is 129 Å². The highest BCUT2D eigenvalue weighted by molar-refractivity contribution is 9.18. The summed E-state index contributed by atoms with van der Waals surface area (Å²) in [4.78, 5) is 30.9. The fourth-order valence-corrected chi connectivity index (χ4v) is 4.38. The molecule has 5 aromatic rings. The van der Waals surface area contributed by atoms with Gasteiger partial charge in [-0.15, -0.1) is 10.2 Å². The van der Waals surface area contributed by atoms with E-state index in [0.29, 0.717) is 34.1 Å². The molecule has 37 heavy (non-hydrogen) atoms. The molecule has 184 valence electrons. The normalized spacial score (nSPS) is 15.0. The molecule has 1 aliphatic rings. The second kappa shape index (κ2) is 9.54. The number of ether oxygens (including phenoxy) is 1. The quantitative estimate of drug-likeness (QED) is 0.306. The predicted octanol–water partition coefficient (Wildman–Crippen LogP) is 4.52. The lowest BCUT2D eigenvalue weighted by atomic mass is 10.0. The molecule has 0 bridgehead atoms. The molecule has 4 heterocycles. The van der Waals surface area contributed by atoms with Crippen LogP contribution in [0.3, 0.4) is 0 Å². The number of anilines is 2. The van der Waals surface area contributed by atoms with Crippen LogP contribution in [-0.4, -0.2) is 46.1 Å². The van der Waals surface area contributed by atoms with Gasteiger partial charge in [-0.25, -0.2) is 15.0 Å². The molecular weight excluding hydrogens is 540 g/mol. The van der Waals surface area contributed by atoms with Gasteiger partial charge in [0.15, 0.2) is 17.5 Å². The van der Waals surface area contributed by atoms with Gasteiger partial charge in [0.25, 0.3) is 0 Å². The van der Waals surface area contributed by atoms with E-state index < -0.39 is 6.10 Å². The van der Waals surface area contributed by atoms with Crippen molar-refractivity contribution >= 4 is 54.4 Å². The summed E-state index contributed by atoms with van der Waals surface area (Å²) in [5.74, 6) is 1.69. The van der Waals surface area contributed by atoms with Crippen LogP contribution >= 0.6 is 15.9 Å². The van der Waals surface area contributed by atoms with Gasteiger partial charge in [0.1, 0.15) is 35.2 Å². The van der Waals surface area contributed by atoms with E-state index >= 15 is 0 Å². The van der Waals surface area contributed by atoms with Gasteiger partial charge < -0.3 is 14.9 Å². The Labute approximate surface area is 218 Å². The number of hydrogen-bond acceptors (Lipinski definition) is 10. The molecule has 0 radical (unpaired) electrons. The van der Waals surface area contributed by atoms with E-state index in [0.717, 1.165) is 27.7 Å². The maximum absolute atomic E-state index is 12.6. The molecule has 6 rings (SSSR count). The molecule has 0 amide bonds. The van der Waals surface area contributed by atoms with Crippen LogP contribution in [0.2, 0.25) is 0 Å². The number of aromatic nitrogens is 6. The molecule has 1 atom stereocenters. The third-order valence-electron chi connectivity index (χ3n) is 5.88. The van der Waals surface area contributed by atoms with Gasteiger partial charge >= 0.3 is 0 Å². The van der Waals surface area contributed by atoms with Gasteiger partial charge in [0.05, 0.1) is 5.52 Å². The second-order valence-electron chi connectivity index (χ2n) is 8.51. The summed E-state index contributed by atoms with van der Waals surface area (Å²) in [7, 11) is 0. The zero-order valence-electron chi connectivity index (χ0n) is 19.5. The molecule has 12 heteroatoms. The number of nitrogens with zero attached hydrogens (tertiary/aromatic N) is 7. The van der Waals surface area contributed by atoms with Crippen molar-refractivity contribution in [3.05, 3.63) is 72.6 Å². The first-order chi connectivity index (χ1) is 18.0. The summed E-state index contributed by atoms with van der Waals surface area (Å²) in [5.41, 5.74) is 3.99. The highest BCUT2D eigenvalue weighted by atomic mass is 79.9. The van der Waals surface area contributed by atoms with Gasteiger partial charge in [-0.05, 0) is 64.3 Å². The molecule has 0 aliphatic carbocycles. The van der Waals surface area contributed by atoms with E-state index in [2.05, 4.69) is 51.6 Å². The number of Topliss-reactive ketones (excluding diaryl/α,β-unsaturated/α-hetero) is 1. The van der Waals surface area contributed by atoms with Crippen molar-refractivity contribution in [2.75, 3.05) is 5.32 Å². The Hall–Kier alpha value is -4.45. The third kappa shape index (κ3) is 4.83.